The van der Waals surface area contributed by atoms with E-state index >= 15 is 0 Å². The number of hydrogen-bond acceptors (Lipinski definition) is 2. The van der Waals surface area contributed by atoms with Crippen LogP contribution in [0.2, 0.25) is 0 Å². The molecule has 0 bridgehead atoms. The zero-order valence-corrected chi connectivity index (χ0v) is 15.0. The van der Waals surface area contributed by atoms with Gasteiger partial charge in [-0.3, -0.25) is 9.79 Å². The second-order valence-corrected chi connectivity index (χ2v) is 6.85. The van der Waals surface area contributed by atoms with Crippen molar-refractivity contribution in [1.82, 2.24) is 15.1 Å². The molecule has 0 aliphatic carbocycles. The molecule has 0 aromatic heterocycles. The van der Waals surface area contributed by atoms with Crippen LogP contribution in [0.5, 0.6) is 0 Å². The first-order valence-electron chi connectivity index (χ1n) is 8.36. The topological polar surface area (TPSA) is 47.9 Å². The fourth-order valence-corrected chi connectivity index (χ4v) is 3.28. The lowest BCUT2D eigenvalue weighted by molar-refractivity contribution is -0.157. The van der Waals surface area contributed by atoms with E-state index in [1.54, 1.807) is 7.05 Å². The van der Waals surface area contributed by atoms with E-state index in [1.165, 1.54) is 0 Å². The average Bonchev–Trinajstić information content (AvgIpc) is 2.46. The number of hydrogen-bond donors (Lipinski definition) is 1. The molecule has 0 spiro atoms. The Bertz CT molecular complexity index is 449. The summed E-state index contributed by atoms with van der Waals surface area (Å²) in [5, 5.41) is 2.90. The Labute approximate surface area is 142 Å². The van der Waals surface area contributed by atoms with Crippen molar-refractivity contribution in [3.63, 3.8) is 0 Å². The third-order valence-corrected chi connectivity index (χ3v) is 4.39. The summed E-state index contributed by atoms with van der Waals surface area (Å²) < 4.78 is 37.0. The standard InChI is InChI=1S/C16H29F3N4O/c1-5-7-15(2)8-6-9-23(11-15)14(20-3)21-10-13(24)22(4)12-16(17,18)19/h5-12H2,1-4H3,(H,20,21). The van der Waals surface area contributed by atoms with Crippen LogP contribution in [0.1, 0.15) is 39.5 Å². The van der Waals surface area contributed by atoms with Crippen molar-refractivity contribution in [3.8, 4) is 0 Å². The number of aliphatic imine (C=N–C) groups is 1. The molecule has 0 radical (unpaired) electrons. The molecule has 24 heavy (non-hydrogen) atoms. The zero-order valence-electron chi connectivity index (χ0n) is 15.0. The van der Waals surface area contributed by atoms with Gasteiger partial charge in [0.1, 0.15) is 6.54 Å². The normalized spacial score (nSPS) is 22.5. The monoisotopic (exact) mass is 350 g/mol. The highest BCUT2D eigenvalue weighted by Crippen LogP contribution is 2.33. The smallest absolute Gasteiger partial charge is 0.347 e. The maximum atomic E-state index is 12.3. The van der Waals surface area contributed by atoms with E-state index in [0.717, 1.165) is 45.8 Å². The molecule has 1 N–H and O–H groups in total. The van der Waals surface area contributed by atoms with E-state index in [2.05, 4.69) is 29.1 Å². The third kappa shape index (κ3) is 6.57. The van der Waals surface area contributed by atoms with Gasteiger partial charge in [0, 0.05) is 27.2 Å². The van der Waals surface area contributed by atoms with Gasteiger partial charge in [-0.05, 0) is 24.7 Å². The number of nitrogens with one attached hydrogen (secondary N) is 1. The predicted molar refractivity (Wildman–Crippen MR) is 88.9 cm³/mol. The Morgan fingerprint density at radius 1 is 1.42 bits per heavy atom. The lowest BCUT2D eigenvalue weighted by atomic mass is 9.78. The molecule has 5 nitrogen and oxygen atoms in total. The van der Waals surface area contributed by atoms with E-state index in [1.807, 2.05) is 0 Å². The number of piperidine rings is 1. The highest BCUT2D eigenvalue weighted by atomic mass is 19.4. The minimum atomic E-state index is -4.39. The highest BCUT2D eigenvalue weighted by molar-refractivity contribution is 5.86. The van der Waals surface area contributed by atoms with Gasteiger partial charge in [0.15, 0.2) is 5.96 Å². The summed E-state index contributed by atoms with van der Waals surface area (Å²) in [5.74, 6) is -0.0346. The van der Waals surface area contributed by atoms with E-state index in [0.29, 0.717) is 10.9 Å². The van der Waals surface area contributed by atoms with E-state index in [4.69, 9.17) is 0 Å². The Morgan fingerprint density at radius 3 is 2.62 bits per heavy atom. The molecule has 1 saturated heterocycles. The van der Waals surface area contributed by atoms with Crippen LogP contribution in [0.3, 0.4) is 0 Å². The number of rotatable bonds is 5. The van der Waals surface area contributed by atoms with Crippen molar-refractivity contribution in [2.75, 3.05) is 40.3 Å². The molecule has 8 heteroatoms. The van der Waals surface area contributed by atoms with Crippen molar-refractivity contribution in [3.05, 3.63) is 0 Å². The minimum Gasteiger partial charge on any atom is -0.347 e. The van der Waals surface area contributed by atoms with Crippen molar-refractivity contribution < 1.29 is 18.0 Å². The summed E-state index contributed by atoms with van der Waals surface area (Å²) in [4.78, 5) is 18.8. The molecule has 1 fully saturated rings. The number of halogens is 3. The minimum absolute atomic E-state index is 0.194. The molecule has 140 valence electrons. The predicted octanol–water partition coefficient (Wildman–Crippen LogP) is 2.48. The number of carbonyl (C=O) groups is 1. The average molecular weight is 350 g/mol. The van der Waals surface area contributed by atoms with Gasteiger partial charge in [0.2, 0.25) is 5.91 Å². The summed E-state index contributed by atoms with van der Waals surface area (Å²) in [6.07, 6.45) is 0.0342. The van der Waals surface area contributed by atoms with Gasteiger partial charge >= 0.3 is 6.18 Å². The Balaban J connectivity index is 2.57. The molecule has 1 unspecified atom stereocenters. The van der Waals surface area contributed by atoms with Gasteiger partial charge in [-0.25, -0.2) is 0 Å². The third-order valence-electron chi connectivity index (χ3n) is 4.39. The van der Waals surface area contributed by atoms with Crippen LogP contribution in [0.4, 0.5) is 13.2 Å². The summed E-state index contributed by atoms with van der Waals surface area (Å²) in [6, 6.07) is 0. The summed E-state index contributed by atoms with van der Waals surface area (Å²) in [6.45, 7) is 4.65. The molecular formula is C16H29F3N4O. The van der Waals surface area contributed by atoms with Gasteiger partial charge in [-0.15, -0.1) is 0 Å². The summed E-state index contributed by atoms with van der Waals surface area (Å²) >= 11 is 0. The number of carbonyl (C=O) groups excluding carboxylic acids is 1. The lowest BCUT2D eigenvalue weighted by Gasteiger charge is -2.42. The second kappa shape index (κ2) is 8.58. The zero-order chi connectivity index (χ0) is 18.4. The van der Waals surface area contributed by atoms with Gasteiger partial charge in [0.25, 0.3) is 0 Å². The Kier molecular flexibility index (Phi) is 7.35. The van der Waals surface area contributed by atoms with Crippen LogP contribution in [-0.2, 0) is 4.79 Å². The molecule has 0 aromatic rings. The molecule has 0 aromatic carbocycles. The fraction of sp³-hybridized carbons (Fsp3) is 0.875. The van der Waals surface area contributed by atoms with Crippen molar-refractivity contribution in [1.29, 1.82) is 0 Å². The SMILES string of the molecule is CCCC1(C)CCCN(C(=NC)NCC(=O)N(C)CC(F)(F)F)C1. The van der Waals surface area contributed by atoms with Crippen LogP contribution < -0.4 is 5.32 Å². The molecule has 1 rings (SSSR count). The van der Waals surface area contributed by atoms with Gasteiger partial charge < -0.3 is 15.1 Å². The first kappa shape index (κ1) is 20.6. The summed E-state index contributed by atoms with van der Waals surface area (Å²) in [7, 11) is 2.78. The number of alkyl halides is 3. The maximum Gasteiger partial charge on any atom is 0.406 e. The maximum absolute atomic E-state index is 12.3. The first-order valence-corrected chi connectivity index (χ1v) is 8.36. The van der Waals surface area contributed by atoms with Gasteiger partial charge in [0.05, 0.1) is 6.54 Å². The van der Waals surface area contributed by atoms with Crippen LogP contribution in [0, 0.1) is 5.41 Å². The van der Waals surface area contributed by atoms with Crippen LogP contribution in [-0.4, -0.2) is 68.1 Å². The van der Waals surface area contributed by atoms with E-state index in [-0.39, 0.29) is 12.0 Å². The number of likely N-dealkylation sites (tertiary alicyclic amines) is 1. The van der Waals surface area contributed by atoms with Crippen molar-refractivity contribution in [2.24, 2.45) is 10.4 Å². The van der Waals surface area contributed by atoms with Gasteiger partial charge in [-0.1, -0.05) is 20.3 Å². The highest BCUT2D eigenvalue weighted by Gasteiger charge is 2.33. The molecule has 0 saturated carbocycles. The van der Waals surface area contributed by atoms with E-state index in [9.17, 15) is 18.0 Å². The largest absolute Gasteiger partial charge is 0.406 e. The van der Waals surface area contributed by atoms with Crippen LogP contribution >= 0.6 is 0 Å². The van der Waals surface area contributed by atoms with Crippen molar-refractivity contribution in [2.45, 2.75) is 45.7 Å². The molecular weight excluding hydrogens is 321 g/mol. The number of amides is 1. The number of nitrogens with zero attached hydrogens (tertiary/aromatic N) is 3. The quantitative estimate of drug-likeness (QED) is 0.612. The van der Waals surface area contributed by atoms with Crippen LogP contribution in [0.25, 0.3) is 0 Å². The van der Waals surface area contributed by atoms with Gasteiger partial charge in [-0.2, -0.15) is 13.2 Å². The molecule has 1 heterocycles. The lowest BCUT2D eigenvalue weighted by Crippen LogP contribution is -2.52. The second-order valence-electron chi connectivity index (χ2n) is 6.85. The first-order chi connectivity index (χ1) is 11.1. The molecule has 1 aliphatic heterocycles. The van der Waals surface area contributed by atoms with E-state index < -0.39 is 18.6 Å². The Morgan fingerprint density at radius 2 is 2.08 bits per heavy atom. The molecule has 1 aliphatic rings. The summed E-state index contributed by atoms with van der Waals surface area (Å²) in [5.41, 5.74) is 0.210. The fourth-order valence-electron chi connectivity index (χ4n) is 3.28. The van der Waals surface area contributed by atoms with Crippen LogP contribution in [0.15, 0.2) is 4.99 Å². The molecule has 1 amide bonds. The van der Waals surface area contributed by atoms with Crippen molar-refractivity contribution >= 4 is 11.9 Å². The molecule has 1 atom stereocenters. The Hall–Kier alpha value is -1.47. The number of guanidine groups is 1. The number of likely N-dealkylation sites (N-methyl/N-ethyl adjacent to an activating group) is 1.